The van der Waals surface area contributed by atoms with Crippen molar-refractivity contribution >= 4 is 17.3 Å². The van der Waals surface area contributed by atoms with Gasteiger partial charge in [-0.05, 0) is 36.2 Å². The van der Waals surface area contributed by atoms with Gasteiger partial charge in [0.15, 0.2) is 11.7 Å². The Labute approximate surface area is 159 Å². The first-order valence-corrected chi connectivity index (χ1v) is 8.79. The number of non-ortho nitro benzene ring substituents is 1. The summed E-state index contributed by atoms with van der Waals surface area (Å²) in [5.41, 5.74) is 2.19. The van der Waals surface area contributed by atoms with Crippen LogP contribution in [0.1, 0.15) is 17.9 Å². The number of amides is 1. The summed E-state index contributed by atoms with van der Waals surface area (Å²) in [6.07, 6.45) is 2.70. The Morgan fingerprint density at radius 1 is 1.25 bits per heavy atom. The third-order valence-electron chi connectivity index (χ3n) is 4.71. The predicted molar refractivity (Wildman–Crippen MR) is 99.4 cm³/mol. The standard InChI is InChI=1S/C20H16FN3O4/c21-15-4-1-14(2-5-15)18-12-22-19(28-18)7-8-20(25)23-10-9-13-3-6-16(24(26)27)11-17(13)23/h1-6,11-12H,7-10H2. The minimum atomic E-state index is -0.467. The van der Waals surface area contributed by atoms with Crippen LogP contribution in [0.4, 0.5) is 15.8 Å². The highest BCUT2D eigenvalue weighted by Crippen LogP contribution is 2.32. The topological polar surface area (TPSA) is 89.5 Å². The number of nitrogens with zero attached hydrogens (tertiary/aromatic N) is 3. The number of aromatic nitrogens is 1. The van der Waals surface area contributed by atoms with Gasteiger partial charge in [-0.25, -0.2) is 9.37 Å². The number of hydrogen-bond donors (Lipinski definition) is 0. The summed E-state index contributed by atoms with van der Waals surface area (Å²) in [5, 5.41) is 11.0. The summed E-state index contributed by atoms with van der Waals surface area (Å²) >= 11 is 0. The van der Waals surface area contributed by atoms with Crippen LogP contribution in [0.2, 0.25) is 0 Å². The number of nitro benzene ring substituents is 1. The van der Waals surface area contributed by atoms with E-state index in [1.165, 1.54) is 24.3 Å². The van der Waals surface area contributed by atoms with Gasteiger partial charge in [0, 0.05) is 37.1 Å². The second kappa shape index (κ2) is 7.22. The molecule has 0 aliphatic carbocycles. The molecule has 142 valence electrons. The van der Waals surface area contributed by atoms with Crippen molar-refractivity contribution in [2.24, 2.45) is 0 Å². The lowest BCUT2D eigenvalue weighted by Crippen LogP contribution is -2.29. The quantitative estimate of drug-likeness (QED) is 0.494. The first-order chi connectivity index (χ1) is 13.5. The van der Waals surface area contributed by atoms with Crippen LogP contribution in [0.15, 0.2) is 53.1 Å². The summed E-state index contributed by atoms with van der Waals surface area (Å²) < 4.78 is 18.7. The van der Waals surface area contributed by atoms with E-state index in [-0.39, 0.29) is 23.8 Å². The largest absolute Gasteiger partial charge is 0.441 e. The number of fused-ring (bicyclic) bond motifs is 1. The first kappa shape index (κ1) is 17.8. The molecule has 4 rings (SSSR count). The molecule has 1 amide bonds. The summed E-state index contributed by atoms with van der Waals surface area (Å²) in [7, 11) is 0. The Hall–Kier alpha value is -3.55. The zero-order valence-corrected chi connectivity index (χ0v) is 14.8. The maximum absolute atomic E-state index is 13.0. The molecule has 0 saturated carbocycles. The third-order valence-corrected chi connectivity index (χ3v) is 4.71. The minimum Gasteiger partial charge on any atom is -0.441 e. The maximum atomic E-state index is 13.0. The molecule has 0 N–H and O–H groups in total. The monoisotopic (exact) mass is 381 g/mol. The van der Waals surface area contributed by atoms with Gasteiger partial charge in [0.05, 0.1) is 16.8 Å². The third kappa shape index (κ3) is 3.48. The maximum Gasteiger partial charge on any atom is 0.271 e. The molecule has 0 atom stereocenters. The Morgan fingerprint density at radius 3 is 2.79 bits per heavy atom. The van der Waals surface area contributed by atoms with E-state index in [2.05, 4.69) is 4.98 Å². The van der Waals surface area contributed by atoms with Gasteiger partial charge in [0.25, 0.3) is 5.69 Å². The van der Waals surface area contributed by atoms with Gasteiger partial charge < -0.3 is 9.32 Å². The van der Waals surface area contributed by atoms with Crippen molar-refractivity contribution in [1.82, 2.24) is 4.98 Å². The normalized spacial score (nSPS) is 12.8. The van der Waals surface area contributed by atoms with Gasteiger partial charge in [0.2, 0.25) is 5.91 Å². The molecule has 0 fully saturated rings. The van der Waals surface area contributed by atoms with Crippen LogP contribution in [-0.2, 0) is 17.6 Å². The molecule has 0 spiro atoms. The van der Waals surface area contributed by atoms with Gasteiger partial charge in [-0.15, -0.1) is 0 Å². The lowest BCUT2D eigenvalue weighted by molar-refractivity contribution is -0.384. The molecule has 2 aromatic carbocycles. The number of anilines is 1. The fourth-order valence-electron chi connectivity index (χ4n) is 3.26. The summed E-state index contributed by atoms with van der Waals surface area (Å²) in [4.78, 5) is 28.9. The highest BCUT2D eigenvalue weighted by Gasteiger charge is 2.26. The average Bonchev–Trinajstić information content (AvgIpc) is 3.33. The number of carbonyl (C=O) groups is 1. The van der Waals surface area contributed by atoms with Gasteiger partial charge in [0.1, 0.15) is 5.82 Å². The summed E-state index contributed by atoms with van der Waals surface area (Å²) in [5.74, 6) is 0.441. The molecule has 3 aromatic rings. The molecular formula is C20H16FN3O4. The van der Waals surface area contributed by atoms with Crippen molar-refractivity contribution in [3.05, 3.63) is 76.0 Å². The molecule has 1 aromatic heterocycles. The fourth-order valence-corrected chi connectivity index (χ4v) is 3.26. The van der Waals surface area contributed by atoms with Crippen LogP contribution in [-0.4, -0.2) is 22.4 Å². The number of aryl methyl sites for hydroxylation is 1. The zero-order chi connectivity index (χ0) is 19.7. The van der Waals surface area contributed by atoms with E-state index in [1.807, 2.05) is 0 Å². The molecule has 2 heterocycles. The molecule has 28 heavy (non-hydrogen) atoms. The van der Waals surface area contributed by atoms with Crippen molar-refractivity contribution in [3.63, 3.8) is 0 Å². The van der Waals surface area contributed by atoms with E-state index < -0.39 is 4.92 Å². The number of hydrogen-bond acceptors (Lipinski definition) is 5. The van der Waals surface area contributed by atoms with Crippen LogP contribution in [0, 0.1) is 15.9 Å². The van der Waals surface area contributed by atoms with Gasteiger partial charge in [-0.3, -0.25) is 14.9 Å². The molecule has 1 aliphatic heterocycles. The van der Waals surface area contributed by atoms with Crippen LogP contribution in [0.25, 0.3) is 11.3 Å². The second-order valence-electron chi connectivity index (χ2n) is 6.49. The molecule has 8 heteroatoms. The van der Waals surface area contributed by atoms with Gasteiger partial charge in [-0.1, -0.05) is 6.07 Å². The van der Waals surface area contributed by atoms with Crippen molar-refractivity contribution in [1.29, 1.82) is 0 Å². The number of rotatable bonds is 5. The molecular weight excluding hydrogens is 365 g/mol. The molecule has 0 unspecified atom stereocenters. The summed E-state index contributed by atoms with van der Waals surface area (Å²) in [6.45, 7) is 0.502. The SMILES string of the molecule is O=C(CCc1ncc(-c2ccc(F)cc2)o1)N1CCc2ccc([N+](=O)[O-])cc21. The van der Waals surface area contributed by atoms with E-state index in [9.17, 15) is 19.3 Å². The van der Waals surface area contributed by atoms with Crippen LogP contribution in [0.5, 0.6) is 0 Å². The van der Waals surface area contributed by atoms with E-state index in [0.717, 1.165) is 5.56 Å². The molecule has 0 bridgehead atoms. The number of benzene rings is 2. The molecule has 1 aliphatic rings. The zero-order valence-electron chi connectivity index (χ0n) is 14.8. The Balaban J connectivity index is 1.43. The van der Waals surface area contributed by atoms with Gasteiger partial charge >= 0.3 is 0 Å². The van der Waals surface area contributed by atoms with E-state index >= 15 is 0 Å². The fraction of sp³-hybridized carbons (Fsp3) is 0.200. The molecule has 0 saturated heterocycles. The number of nitro groups is 1. The van der Waals surface area contributed by atoms with Crippen molar-refractivity contribution in [2.75, 3.05) is 11.4 Å². The van der Waals surface area contributed by atoms with Crippen molar-refractivity contribution in [2.45, 2.75) is 19.3 Å². The second-order valence-corrected chi connectivity index (χ2v) is 6.49. The number of carbonyl (C=O) groups excluding carboxylic acids is 1. The average molecular weight is 381 g/mol. The van der Waals surface area contributed by atoms with Crippen LogP contribution in [0.3, 0.4) is 0 Å². The summed E-state index contributed by atoms with van der Waals surface area (Å²) in [6, 6.07) is 10.5. The van der Waals surface area contributed by atoms with E-state index in [0.29, 0.717) is 42.3 Å². The smallest absolute Gasteiger partial charge is 0.271 e. The van der Waals surface area contributed by atoms with E-state index in [1.54, 1.807) is 29.3 Å². The number of halogens is 1. The van der Waals surface area contributed by atoms with Crippen molar-refractivity contribution in [3.8, 4) is 11.3 Å². The number of oxazole rings is 1. The van der Waals surface area contributed by atoms with Crippen LogP contribution >= 0.6 is 0 Å². The van der Waals surface area contributed by atoms with Crippen molar-refractivity contribution < 1.29 is 18.5 Å². The Bertz CT molecular complexity index is 1050. The molecule has 0 radical (unpaired) electrons. The Morgan fingerprint density at radius 2 is 2.04 bits per heavy atom. The highest BCUT2D eigenvalue weighted by molar-refractivity contribution is 5.95. The molecule has 7 nitrogen and oxygen atoms in total. The lowest BCUT2D eigenvalue weighted by Gasteiger charge is -2.16. The lowest BCUT2D eigenvalue weighted by atomic mass is 10.1. The van der Waals surface area contributed by atoms with E-state index in [4.69, 9.17) is 4.42 Å². The van der Waals surface area contributed by atoms with Gasteiger partial charge in [-0.2, -0.15) is 0 Å². The van der Waals surface area contributed by atoms with Crippen LogP contribution < -0.4 is 4.90 Å². The highest BCUT2D eigenvalue weighted by atomic mass is 19.1. The first-order valence-electron chi connectivity index (χ1n) is 8.79. The predicted octanol–water partition coefficient (Wildman–Crippen LogP) is 3.91. The minimum absolute atomic E-state index is 0.0323. The Kier molecular flexibility index (Phi) is 4.60.